The van der Waals surface area contributed by atoms with Crippen molar-refractivity contribution in [2.45, 2.75) is 12.5 Å². The molecule has 2 unspecified atom stereocenters. The minimum Gasteiger partial charge on any atom is -0.494 e. The third-order valence-corrected chi connectivity index (χ3v) is 5.03. The lowest BCUT2D eigenvalue weighted by atomic mass is 9.95. The summed E-state index contributed by atoms with van der Waals surface area (Å²) in [6, 6.07) is 4.17. The number of hydrogen-bond donors (Lipinski definition) is 1. The van der Waals surface area contributed by atoms with Gasteiger partial charge in [-0.25, -0.2) is 12.8 Å². The van der Waals surface area contributed by atoms with Crippen LogP contribution in [0.2, 0.25) is 0 Å². The summed E-state index contributed by atoms with van der Waals surface area (Å²) in [4.78, 5) is 0. The Morgan fingerprint density at radius 3 is 2.72 bits per heavy atom. The maximum atomic E-state index is 13.5. The number of methoxy groups -OCH3 is 1. The van der Waals surface area contributed by atoms with Gasteiger partial charge in [0.05, 0.1) is 24.7 Å². The Morgan fingerprint density at radius 1 is 1.50 bits per heavy atom. The zero-order chi connectivity index (χ0) is 13.3. The number of hydrogen-bond acceptors (Lipinski definition) is 4. The highest BCUT2D eigenvalue weighted by atomic mass is 32.2. The first kappa shape index (κ1) is 13.3. The lowest BCUT2D eigenvalue weighted by Crippen LogP contribution is -2.14. The van der Waals surface area contributed by atoms with E-state index < -0.39 is 21.8 Å². The number of aliphatic hydroxyl groups excluding tert-OH is 1. The van der Waals surface area contributed by atoms with Crippen LogP contribution in [0.4, 0.5) is 4.39 Å². The second-order valence-electron chi connectivity index (χ2n) is 4.50. The molecule has 6 heteroatoms. The van der Waals surface area contributed by atoms with E-state index in [-0.39, 0.29) is 23.2 Å². The van der Waals surface area contributed by atoms with Crippen LogP contribution in [-0.2, 0) is 9.84 Å². The number of benzene rings is 1. The highest BCUT2D eigenvalue weighted by Crippen LogP contribution is 2.32. The van der Waals surface area contributed by atoms with E-state index in [4.69, 9.17) is 4.74 Å². The molecule has 0 radical (unpaired) electrons. The predicted octanol–water partition coefficient (Wildman–Crippen LogP) is 1.30. The molecule has 1 heterocycles. The van der Waals surface area contributed by atoms with Gasteiger partial charge in [-0.2, -0.15) is 0 Å². The van der Waals surface area contributed by atoms with Crippen molar-refractivity contribution >= 4 is 9.84 Å². The first-order chi connectivity index (χ1) is 8.43. The lowest BCUT2D eigenvalue weighted by molar-refractivity contribution is 0.120. The molecule has 0 bridgehead atoms. The Kier molecular flexibility index (Phi) is 3.59. The average molecular weight is 274 g/mol. The van der Waals surface area contributed by atoms with Gasteiger partial charge < -0.3 is 9.84 Å². The van der Waals surface area contributed by atoms with E-state index in [2.05, 4.69) is 0 Å². The molecule has 1 aromatic rings. The van der Waals surface area contributed by atoms with Crippen LogP contribution < -0.4 is 4.74 Å². The number of aliphatic hydroxyl groups is 1. The Morgan fingerprint density at radius 2 is 2.22 bits per heavy atom. The molecular weight excluding hydrogens is 259 g/mol. The summed E-state index contributed by atoms with van der Waals surface area (Å²) in [7, 11) is -1.69. The van der Waals surface area contributed by atoms with Gasteiger partial charge in [-0.1, -0.05) is 6.07 Å². The normalized spacial score (nSPS) is 23.8. The summed E-state index contributed by atoms with van der Waals surface area (Å²) in [5.41, 5.74) is 0.385. The molecule has 0 spiro atoms. The van der Waals surface area contributed by atoms with Gasteiger partial charge >= 0.3 is 0 Å². The third-order valence-electron chi connectivity index (χ3n) is 3.23. The summed E-state index contributed by atoms with van der Waals surface area (Å²) < 4.78 is 41.0. The topological polar surface area (TPSA) is 63.6 Å². The highest BCUT2D eigenvalue weighted by Gasteiger charge is 2.33. The summed E-state index contributed by atoms with van der Waals surface area (Å²) in [5, 5.41) is 10.1. The molecular formula is C12H15FO4S. The number of sulfone groups is 1. The van der Waals surface area contributed by atoms with E-state index in [1.807, 2.05) is 0 Å². The molecule has 100 valence electrons. The van der Waals surface area contributed by atoms with Crippen molar-refractivity contribution in [2.75, 3.05) is 18.6 Å². The second-order valence-corrected chi connectivity index (χ2v) is 6.73. The van der Waals surface area contributed by atoms with Crippen LogP contribution in [0.15, 0.2) is 18.2 Å². The SMILES string of the molecule is COc1ccc(C(O)C2CCS(=O)(=O)C2)cc1F. The van der Waals surface area contributed by atoms with Crippen molar-refractivity contribution in [3.05, 3.63) is 29.6 Å². The van der Waals surface area contributed by atoms with Crippen LogP contribution in [-0.4, -0.2) is 32.1 Å². The highest BCUT2D eigenvalue weighted by molar-refractivity contribution is 7.91. The molecule has 4 nitrogen and oxygen atoms in total. The van der Waals surface area contributed by atoms with Crippen molar-refractivity contribution in [3.63, 3.8) is 0 Å². The fourth-order valence-electron chi connectivity index (χ4n) is 2.21. The molecule has 0 saturated carbocycles. The van der Waals surface area contributed by atoms with Gasteiger partial charge in [0.15, 0.2) is 21.4 Å². The maximum absolute atomic E-state index is 13.5. The summed E-state index contributed by atoms with van der Waals surface area (Å²) in [6.07, 6.45) is -0.542. The standard InChI is InChI=1S/C12H15FO4S/c1-17-11-3-2-8(6-10(11)13)12(14)9-4-5-18(15,16)7-9/h2-3,6,9,12,14H,4-5,7H2,1H3. The number of rotatable bonds is 3. The molecule has 0 amide bonds. The van der Waals surface area contributed by atoms with Crippen LogP contribution in [0.3, 0.4) is 0 Å². The first-order valence-corrected chi connectivity index (χ1v) is 7.47. The number of halogens is 1. The van der Waals surface area contributed by atoms with Gasteiger partial charge in [0.25, 0.3) is 0 Å². The quantitative estimate of drug-likeness (QED) is 0.902. The summed E-state index contributed by atoms with van der Waals surface area (Å²) in [5.74, 6) is -0.766. The minimum absolute atomic E-state index is 0.0399. The van der Waals surface area contributed by atoms with E-state index in [0.717, 1.165) is 0 Å². The van der Waals surface area contributed by atoms with E-state index in [1.165, 1.54) is 19.2 Å². The zero-order valence-electron chi connectivity index (χ0n) is 9.97. The Balaban J connectivity index is 2.19. The number of ether oxygens (including phenoxy) is 1. The molecule has 0 aliphatic carbocycles. The molecule has 2 atom stereocenters. The largest absolute Gasteiger partial charge is 0.494 e. The van der Waals surface area contributed by atoms with Crippen molar-refractivity contribution in [3.8, 4) is 5.75 Å². The molecule has 1 aromatic carbocycles. The Labute approximate surface area is 105 Å². The van der Waals surface area contributed by atoms with E-state index in [1.54, 1.807) is 6.07 Å². The van der Waals surface area contributed by atoms with E-state index >= 15 is 0 Å². The maximum Gasteiger partial charge on any atom is 0.165 e. The molecule has 0 aromatic heterocycles. The van der Waals surface area contributed by atoms with E-state index in [9.17, 15) is 17.9 Å². The molecule has 1 aliphatic heterocycles. The molecule has 18 heavy (non-hydrogen) atoms. The third kappa shape index (κ3) is 2.64. The van der Waals surface area contributed by atoms with Crippen LogP contribution in [0.1, 0.15) is 18.1 Å². The zero-order valence-corrected chi connectivity index (χ0v) is 10.8. The van der Waals surface area contributed by atoms with Gasteiger partial charge in [0.1, 0.15) is 0 Å². The fraction of sp³-hybridized carbons (Fsp3) is 0.500. The van der Waals surface area contributed by atoms with Crippen LogP contribution in [0, 0.1) is 11.7 Å². The van der Waals surface area contributed by atoms with Gasteiger partial charge in [-0.3, -0.25) is 0 Å². The van der Waals surface area contributed by atoms with Gasteiger partial charge in [0.2, 0.25) is 0 Å². The van der Waals surface area contributed by atoms with Crippen LogP contribution in [0.25, 0.3) is 0 Å². The smallest absolute Gasteiger partial charge is 0.165 e. The van der Waals surface area contributed by atoms with Crippen LogP contribution in [0.5, 0.6) is 5.75 Å². The Bertz CT molecular complexity index is 541. The minimum atomic E-state index is -3.05. The average Bonchev–Trinajstić information content (AvgIpc) is 2.68. The lowest BCUT2D eigenvalue weighted by Gasteiger charge is -2.17. The van der Waals surface area contributed by atoms with Gasteiger partial charge in [-0.05, 0) is 24.1 Å². The molecule has 1 N–H and O–H groups in total. The summed E-state index contributed by atoms with van der Waals surface area (Å²) >= 11 is 0. The van der Waals surface area contributed by atoms with Crippen molar-refractivity contribution < 1.29 is 22.7 Å². The van der Waals surface area contributed by atoms with Crippen molar-refractivity contribution in [1.82, 2.24) is 0 Å². The monoisotopic (exact) mass is 274 g/mol. The van der Waals surface area contributed by atoms with Crippen LogP contribution >= 0.6 is 0 Å². The molecule has 1 saturated heterocycles. The Hall–Kier alpha value is -1.14. The fourth-order valence-corrected chi connectivity index (χ4v) is 4.04. The summed E-state index contributed by atoms with van der Waals surface area (Å²) in [6.45, 7) is 0. The van der Waals surface area contributed by atoms with Gasteiger partial charge in [-0.15, -0.1) is 0 Å². The molecule has 1 aliphatic rings. The van der Waals surface area contributed by atoms with Crippen molar-refractivity contribution in [1.29, 1.82) is 0 Å². The molecule has 1 fully saturated rings. The van der Waals surface area contributed by atoms with Gasteiger partial charge in [0, 0.05) is 5.92 Å². The first-order valence-electron chi connectivity index (χ1n) is 5.65. The molecule has 2 rings (SSSR count). The van der Waals surface area contributed by atoms with Crippen molar-refractivity contribution in [2.24, 2.45) is 5.92 Å². The predicted molar refractivity (Wildman–Crippen MR) is 64.7 cm³/mol. The van der Waals surface area contributed by atoms with E-state index in [0.29, 0.717) is 12.0 Å². The second kappa shape index (κ2) is 4.85.